The number of carbonyl (C=O) groups is 2. The van der Waals surface area contributed by atoms with Gasteiger partial charge in [0.05, 0.1) is 19.3 Å². The maximum absolute atomic E-state index is 12.6. The normalized spacial score (nSPS) is 24.6. The van der Waals surface area contributed by atoms with Gasteiger partial charge in [-0.3, -0.25) is 9.69 Å². The Morgan fingerprint density at radius 3 is 2.71 bits per heavy atom. The topological polar surface area (TPSA) is 82.1 Å². The van der Waals surface area contributed by atoms with Crippen LogP contribution >= 0.6 is 0 Å². The summed E-state index contributed by atoms with van der Waals surface area (Å²) in [6.07, 6.45) is 3.55. The minimum atomic E-state index is -0.802. The quantitative estimate of drug-likeness (QED) is 0.710. The van der Waals surface area contributed by atoms with Gasteiger partial charge in [0.15, 0.2) is 0 Å². The number of nitrogens with zero attached hydrogens (tertiary/aromatic N) is 2. The first kappa shape index (κ1) is 20.6. The highest BCUT2D eigenvalue weighted by Gasteiger charge is 2.36. The fourth-order valence-corrected chi connectivity index (χ4v) is 3.99. The molecule has 1 aromatic rings. The molecule has 7 heteroatoms. The van der Waals surface area contributed by atoms with Crippen LogP contribution in [0.5, 0.6) is 0 Å². The second-order valence-electron chi connectivity index (χ2n) is 7.69. The summed E-state index contributed by atoms with van der Waals surface area (Å²) in [6, 6.07) is 10.7. The molecule has 154 valence electrons. The summed E-state index contributed by atoms with van der Waals surface area (Å²) in [6.45, 7) is 4.55. The SMILES string of the molecule is CCN(CC(=O)O)C1CC(NC(=O)N2CCOC(CCc3ccccc3)C2)C1. The predicted octanol–water partition coefficient (Wildman–Crippen LogP) is 1.97. The first-order valence-corrected chi connectivity index (χ1v) is 10.2. The zero-order valence-electron chi connectivity index (χ0n) is 16.5. The molecule has 1 aromatic carbocycles. The second kappa shape index (κ2) is 9.89. The summed E-state index contributed by atoms with van der Waals surface area (Å²) in [5.41, 5.74) is 1.29. The molecule has 28 heavy (non-hydrogen) atoms. The predicted molar refractivity (Wildman–Crippen MR) is 106 cm³/mol. The molecule has 1 saturated carbocycles. The van der Waals surface area contributed by atoms with Gasteiger partial charge in [0.1, 0.15) is 0 Å². The van der Waals surface area contributed by atoms with E-state index in [0.717, 1.165) is 25.7 Å². The number of ether oxygens (including phenoxy) is 1. The number of benzene rings is 1. The Labute approximate surface area is 166 Å². The van der Waals surface area contributed by atoms with E-state index in [2.05, 4.69) is 17.4 Å². The van der Waals surface area contributed by atoms with Crippen molar-refractivity contribution in [3.63, 3.8) is 0 Å². The van der Waals surface area contributed by atoms with E-state index in [1.54, 1.807) is 0 Å². The van der Waals surface area contributed by atoms with Gasteiger partial charge >= 0.3 is 12.0 Å². The number of rotatable bonds is 8. The van der Waals surface area contributed by atoms with E-state index in [1.165, 1.54) is 5.56 Å². The molecule has 2 amide bonds. The number of carboxylic acid groups (broad SMARTS) is 1. The van der Waals surface area contributed by atoms with Crippen molar-refractivity contribution in [3.05, 3.63) is 35.9 Å². The molecular formula is C21H31N3O4. The van der Waals surface area contributed by atoms with Gasteiger partial charge in [-0.25, -0.2) is 4.79 Å². The molecule has 2 N–H and O–H groups in total. The number of hydrogen-bond donors (Lipinski definition) is 2. The number of nitrogens with one attached hydrogen (secondary N) is 1. The number of morpholine rings is 1. The van der Waals surface area contributed by atoms with Gasteiger partial charge in [0.2, 0.25) is 0 Å². The molecule has 1 unspecified atom stereocenters. The maximum atomic E-state index is 12.6. The second-order valence-corrected chi connectivity index (χ2v) is 7.69. The number of amides is 2. The van der Waals surface area contributed by atoms with Crippen molar-refractivity contribution in [1.29, 1.82) is 0 Å². The maximum Gasteiger partial charge on any atom is 0.317 e. The first-order chi connectivity index (χ1) is 13.5. The Morgan fingerprint density at radius 2 is 2.04 bits per heavy atom. The van der Waals surface area contributed by atoms with Gasteiger partial charge in [-0.05, 0) is 37.8 Å². The van der Waals surface area contributed by atoms with Gasteiger partial charge in [-0.15, -0.1) is 0 Å². The number of aryl methyl sites for hydroxylation is 1. The molecule has 0 spiro atoms. The molecule has 1 saturated heterocycles. The van der Waals surface area contributed by atoms with Crippen LogP contribution in [0.1, 0.15) is 31.7 Å². The summed E-state index contributed by atoms with van der Waals surface area (Å²) >= 11 is 0. The third-order valence-electron chi connectivity index (χ3n) is 5.73. The van der Waals surface area contributed by atoms with Crippen LogP contribution in [0.3, 0.4) is 0 Å². The van der Waals surface area contributed by atoms with Crippen molar-refractivity contribution in [3.8, 4) is 0 Å². The standard InChI is InChI=1S/C21H31N3O4/c1-2-23(15-20(25)26)18-12-17(13-18)22-21(27)24-10-11-28-19(14-24)9-8-16-6-4-3-5-7-16/h3-7,17-19H,2,8-15H2,1H3,(H,22,27)(H,25,26). The molecule has 0 aromatic heterocycles. The zero-order valence-corrected chi connectivity index (χ0v) is 16.5. The van der Waals surface area contributed by atoms with Gasteiger partial charge < -0.3 is 20.1 Å². The van der Waals surface area contributed by atoms with Crippen LogP contribution in [0.25, 0.3) is 0 Å². The van der Waals surface area contributed by atoms with E-state index < -0.39 is 5.97 Å². The molecule has 1 aliphatic carbocycles. The number of hydrogen-bond acceptors (Lipinski definition) is 4. The molecule has 1 aliphatic heterocycles. The van der Waals surface area contributed by atoms with Crippen molar-refractivity contribution < 1.29 is 19.4 Å². The Hall–Kier alpha value is -2.12. The molecular weight excluding hydrogens is 358 g/mol. The zero-order chi connectivity index (χ0) is 19.9. The Kier molecular flexibility index (Phi) is 7.28. The smallest absolute Gasteiger partial charge is 0.317 e. The molecule has 0 radical (unpaired) electrons. The third-order valence-corrected chi connectivity index (χ3v) is 5.73. The van der Waals surface area contributed by atoms with Crippen molar-refractivity contribution >= 4 is 12.0 Å². The van der Waals surface area contributed by atoms with Crippen molar-refractivity contribution in [2.24, 2.45) is 0 Å². The van der Waals surface area contributed by atoms with E-state index in [0.29, 0.717) is 26.2 Å². The highest BCUT2D eigenvalue weighted by atomic mass is 16.5. The highest BCUT2D eigenvalue weighted by Crippen LogP contribution is 2.26. The summed E-state index contributed by atoms with van der Waals surface area (Å²) in [5, 5.41) is 12.1. The summed E-state index contributed by atoms with van der Waals surface area (Å²) in [5.74, 6) is -0.802. The Bertz CT molecular complexity index is 648. The van der Waals surface area contributed by atoms with E-state index in [1.807, 2.05) is 34.9 Å². The monoisotopic (exact) mass is 389 g/mol. The van der Waals surface area contributed by atoms with Gasteiger partial charge in [-0.1, -0.05) is 37.3 Å². The first-order valence-electron chi connectivity index (χ1n) is 10.2. The van der Waals surface area contributed by atoms with E-state index in [-0.39, 0.29) is 30.8 Å². The van der Waals surface area contributed by atoms with Crippen LogP contribution in [-0.2, 0) is 16.0 Å². The molecule has 7 nitrogen and oxygen atoms in total. The van der Waals surface area contributed by atoms with Gasteiger partial charge in [0.25, 0.3) is 0 Å². The van der Waals surface area contributed by atoms with Gasteiger partial charge in [-0.2, -0.15) is 0 Å². The number of carbonyl (C=O) groups excluding carboxylic acids is 1. The lowest BCUT2D eigenvalue weighted by Crippen LogP contribution is -2.58. The minimum Gasteiger partial charge on any atom is -0.480 e. The van der Waals surface area contributed by atoms with Gasteiger partial charge in [0, 0.05) is 25.2 Å². The highest BCUT2D eigenvalue weighted by molar-refractivity contribution is 5.75. The molecule has 3 rings (SSSR count). The van der Waals surface area contributed by atoms with Crippen LogP contribution in [0, 0.1) is 0 Å². The molecule has 0 bridgehead atoms. The van der Waals surface area contributed by atoms with Crippen LogP contribution in [0.2, 0.25) is 0 Å². The van der Waals surface area contributed by atoms with E-state index in [4.69, 9.17) is 9.84 Å². The largest absolute Gasteiger partial charge is 0.480 e. The lowest BCUT2D eigenvalue weighted by atomic mass is 9.85. The summed E-state index contributed by atoms with van der Waals surface area (Å²) < 4.78 is 5.84. The van der Waals surface area contributed by atoms with Crippen LogP contribution in [0.4, 0.5) is 4.79 Å². The minimum absolute atomic E-state index is 0.0299. The molecule has 1 heterocycles. The van der Waals surface area contributed by atoms with Crippen molar-refractivity contribution in [2.75, 3.05) is 32.8 Å². The number of urea groups is 1. The Morgan fingerprint density at radius 1 is 1.29 bits per heavy atom. The average molecular weight is 389 g/mol. The fourth-order valence-electron chi connectivity index (χ4n) is 3.99. The summed E-state index contributed by atoms with van der Waals surface area (Å²) in [7, 11) is 0. The lowest BCUT2D eigenvalue weighted by molar-refractivity contribution is -0.139. The van der Waals surface area contributed by atoms with Crippen molar-refractivity contribution in [2.45, 2.75) is 50.8 Å². The van der Waals surface area contributed by atoms with E-state index >= 15 is 0 Å². The van der Waals surface area contributed by atoms with Crippen LogP contribution in [0.15, 0.2) is 30.3 Å². The number of carboxylic acids is 1. The average Bonchev–Trinajstić information content (AvgIpc) is 2.68. The van der Waals surface area contributed by atoms with Crippen LogP contribution < -0.4 is 5.32 Å². The molecule has 2 fully saturated rings. The van der Waals surface area contributed by atoms with E-state index in [9.17, 15) is 9.59 Å². The molecule has 2 aliphatic rings. The number of likely N-dealkylation sites (N-methyl/N-ethyl adjacent to an activating group) is 1. The number of aliphatic carboxylic acids is 1. The fraction of sp³-hybridized carbons (Fsp3) is 0.619. The Balaban J connectivity index is 1.39. The summed E-state index contributed by atoms with van der Waals surface area (Å²) in [4.78, 5) is 27.3. The third kappa shape index (κ3) is 5.69. The van der Waals surface area contributed by atoms with Crippen molar-refractivity contribution in [1.82, 2.24) is 15.1 Å². The lowest BCUT2D eigenvalue weighted by Gasteiger charge is -2.43. The van der Waals surface area contributed by atoms with Crippen LogP contribution in [-0.4, -0.2) is 77.9 Å². The molecule has 1 atom stereocenters.